The minimum Gasteiger partial charge on any atom is -0.395 e. The van der Waals surface area contributed by atoms with Gasteiger partial charge in [-0.05, 0) is 41.8 Å². The van der Waals surface area contributed by atoms with E-state index in [1.54, 1.807) is 19.2 Å². The van der Waals surface area contributed by atoms with Crippen LogP contribution in [0.5, 0.6) is 0 Å². The maximum atomic E-state index is 12.9. The second-order valence-corrected chi connectivity index (χ2v) is 9.74. The third-order valence-corrected chi connectivity index (χ3v) is 5.90. The molecule has 4 aromatic rings. The summed E-state index contributed by atoms with van der Waals surface area (Å²) in [5.41, 5.74) is 8.12. The quantitative estimate of drug-likeness (QED) is 0.279. The molecule has 0 fully saturated rings. The Kier molecular flexibility index (Phi) is 7.06. The number of hydrogen-bond acceptors (Lipinski definition) is 7. The van der Waals surface area contributed by atoms with Crippen molar-refractivity contribution in [2.45, 2.75) is 6.92 Å². The third kappa shape index (κ3) is 5.62. The molecule has 4 rings (SSSR count). The molecular weight excluding hydrogens is 466 g/mol. The maximum absolute atomic E-state index is 12.9. The molecule has 0 atom stereocenters. The number of aromatic nitrogens is 2. The number of nitrogens with zero attached hydrogens (tertiary/aromatic N) is 2. The zero-order valence-corrected chi connectivity index (χ0v) is 20.1. The Hall–Kier alpha value is -3.86. The number of hydrazine groups is 1. The second kappa shape index (κ2) is 10.2. The van der Waals surface area contributed by atoms with E-state index in [-0.39, 0.29) is 6.61 Å². The van der Waals surface area contributed by atoms with Crippen molar-refractivity contribution in [3.8, 4) is 22.4 Å². The molecule has 10 heteroatoms. The first-order valence-electron chi connectivity index (χ1n) is 10.8. The van der Waals surface area contributed by atoms with Crippen LogP contribution in [0.3, 0.4) is 0 Å². The molecule has 0 aliphatic heterocycles. The van der Waals surface area contributed by atoms with Crippen molar-refractivity contribution in [3.63, 3.8) is 0 Å². The van der Waals surface area contributed by atoms with Crippen molar-refractivity contribution in [1.82, 2.24) is 20.2 Å². The Bertz CT molecular complexity index is 1470. The molecule has 0 saturated carbocycles. The van der Waals surface area contributed by atoms with Gasteiger partial charge < -0.3 is 10.4 Å². The molecule has 0 aliphatic rings. The van der Waals surface area contributed by atoms with E-state index in [9.17, 15) is 13.2 Å². The van der Waals surface area contributed by atoms with Gasteiger partial charge in [0.05, 0.1) is 29.6 Å². The molecule has 2 aromatic heterocycles. The molecule has 0 aliphatic carbocycles. The van der Waals surface area contributed by atoms with Gasteiger partial charge in [-0.2, -0.15) is 0 Å². The van der Waals surface area contributed by atoms with Gasteiger partial charge in [0.15, 0.2) is 0 Å². The number of hydrogen-bond donors (Lipinski definition) is 4. The van der Waals surface area contributed by atoms with Gasteiger partial charge in [0.2, 0.25) is 10.0 Å². The first kappa shape index (κ1) is 24.3. The predicted molar refractivity (Wildman–Crippen MR) is 136 cm³/mol. The van der Waals surface area contributed by atoms with E-state index in [1.165, 1.54) is 6.20 Å². The smallest absolute Gasteiger partial charge is 0.267 e. The van der Waals surface area contributed by atoms with Crippen molar-refractivity contribution < 1.29 is 18.3 Å². The van der Waals surface area contributed by atoms with E-state index >= 15 is 0 Å². The summed E-state index contributed by atoms with van der Waals surface area (Å²) in [4.78, 5) is 23.8. The highest BCUT2D eigenvalue weighted by atomic mass is 32.2. The lowest BCUT2D eigenvalue weighted by Crippen LogP contribution is -2.41. The summed E-state index contributed by atoms with van der Waals surface area (Å²) in [6.45, 7) is 2.34. The monoisotopic (exact) mass is 491 g/mol. The lowest BCUT2D eigenvalue weighted by Gasteiger charge is -2.15. The maximum Gasteiger partial charge on any atom is 0.267 e. The van der Waals surface area contributed by atoms with Crippen molar-refractivity contribution in [3.05, 3.63) is 78.1 Å². The SMILES string of the molecule is Cc1c(-c2ccc(-c3ccc(NCCO)cc3)cc2)nc2ccncc2c1C(=O)NNS(C)(=O)=O. The fraction of sp³-hybridized carbons (Fsp3) is 0.160. The van der Waals surface area contributed by atoms with Gasteiger partial charge in [0.1, 0.15) is 0 Å². The summed E-state index contributed by atoms with van der Waals surface area (Å²) in [5, 5.41) is 12.6. The molecule has 2 aromatic carbocycles. The first-order valence-corrected chi connectivity index (χ1v) is 12.7. The van der Waals surface area contributed by atoms with Gasteiger partial charge in [-0.1, -0.05) is 36.4 Å². The van der Waals surface area contributed by atoms with Crippen LogP contribution in [0.1, 0.15) is 15.9 Å². The molecule has 0 saturated heterocycles. The normalized spacial score (nSPS) is 11.4. The minimum atomic E-state index is -3.62. The number of amides is 1. The van der Waals surface area contributed by atoms with Crippen LogP contribution in [0.15, 0.2) is 67.0 Å². The lowest BCUT2D eigenvalue weighted by molar-refractivity contribution is 0.0946. The van der Waals surface area contributed by atoms with Crippen LogP contribution in [0.25, 0.3) is 33.3 Å². The highest BCUT2D eigenvalue weighted by Gasteiger charge is 2.20. The number of sulfonamides is 1. The van der Waals surface area contributed by atoms with Crippen LogP contribution in [-0.2, 0) is 10.0 Å². The summed E-state index contributed by atoms with van der Waals surface area (Å²) in [7, 11) is -3.62. The Balaban J connectivity index is 1.69. The van der Waals surface area contributed by atoms with Crippen molar-refractivity contribution in [2.75, 3.05) is 24.7 Å². The number of aliphatic hydroxyl groups is 1. The van der Waals surface area contributed by atoms with E-state index in [0.717, 1.165) is 28.6 Å². The Morgan fingerprint density at radius 2 is 1.60 bits per heavy atom. The van der Waals surface area contributed by atoms with Gasteiger partial charge in [-0.3, -0.25) is 15.2 Å². The Labute approximate surface area is 203 Å². The van der Waals surface area contributed by atoms with E-state index in [4.69, 9.17) is 10.1 Å². The van der Waals surface area contributed by atoms with Crippen molar-refractivity contribution in [1.29, 1.82) is 0 Å². The molecule has 9 nitrogen and oxygen atoms in total. The molecule has 0 bridgehead atoms. The molecule has 4 N–H and O–H groups in total. The lowest BCUT2D eigenvalue weighted by atomic mass is 9.96. The van der Waals surface area contributed by atoms with Crippen molar-refractivity contribution >= 4 is 32.5 Å². The van der Waals surface area contributed by atoms with Crippen LogP contribution >= 0.6 is 0 Å². The Morgan fingerprint density at radius 3 is 2.23 bits per heavy atom. The molecule has 0 radical (unpaired) electrons. The van der Waals surface area contributed by atoms with Crippen LogP contribution < -0.4 is 15.6 Å². The molecule has 0 unspecified atom stereocenters. The number of carbonyl (C=O) groups is 1. The zero-order valence-electron chi connectivity index (χ0n) is 19.2. The fourth-order valence-corrected chi connectivity index (χ4v) is 4.06. The molecular formula is C25H25N5O4S. The minimum absolute atomic E-state index is 0.0690. The zero-order chi connectivity index (χ0) is 25.0. The highest BCUT2D eigenvalue weighted by Crippen LogP contribution is 2.31. The van der Waals surface area contributed by atoms with E-state index in [1.807, 2.05) is 53.4 Å². The van der Waals surface area contributed by atoms with Crippen LogP contribution in [0.2, 0.25) is 0 Å². The van der Waals surface area contributed by atoms with Crippen LogP contribution in [-0.4, -0.2) is 48.8 Å². The number of nitrogens with one attached hydrogen (secondary N) is 3. The molecule has 35 heavy (non-hydrogen) atoms. The van der Waals surface area contributed by atoms with Gasteiger partial charge in [0, 0.05) is 35.6 Å². The van der Waals surface area contributed by atoms with Crippen LogP contribution in [0.4, 0.5) is 5.69 Å². The fourth-order valence-electron chi connectivity index (χ4n) is 3.78. The highest BCUT2D eigenvalue weighted by molar-refractivity contribution is 7.88. The number of pyridine rings is 2. The third-order valence-electron chi connectivity index (χ3n) is 5.42. The predicted octanol–water partition coefficient (Wildman–Crippen LogP) is 2.87. The Morgan fingerprint density at radius 1 is 0.971 bits per heavy atom. The van der Waals surface area contributed by atoms with E-state index < -0.39 is 15.9 Å². The van der Waals surface area contributed by atoms with E-state index in [2.05, 4.69) is 15.7 Å². The second-order valence-electron chi connectivity index (χ2n) is 7.99. The summed E-state index contributed by atoms with van der Waals surface area (Å²) in [6, 6.07) is 17.5. The molecule has 1 amide bonds. The van der Waals surface area contributed by atoms with E-state index in [0.29, 0.717) is 34.3 Å². The van der Waals surface area contributed by atoms with Crippen LogP contribution in [0, 0.1) is 6.92 Å². The van der Waals surface area contributed by atoms with Crippen molar-refractivity contribution in [2.24, 2.45) is 0 Å². The first-order chi connectivity index (χ1) is 16.8. The summed E-state index contributed by atoms with van der Waals surface area (Å²) >= 11 is 0. The molecule has 180 valence electrons. The summed E-state index contributed by atoms with van der Waals surface area (Å²) in [6.07, 6.45) is 4.09. The van der Waals surface area contributed by atoms with Gasteiger partial charge in [0.25, 0.3) is 5.91 Å². The van der Waals surface area contributed by atoms with Gasteiger partial charge in [-0.25, -0.2) is 13.4 Å². The van der Waals surface area contributed by atoms with Gasteiger partial charge >= 0.3 is 0 Å². The number of aliphatic hydroxyl groups excluding tert-OH is 1. The average Bonchev–Trinajstić information content (AvgIpc) is 2.86. The topological polar surface area (TPSA) is 133 Å². The number of benzene rings is 2. The summed E-state index contributed by atoms with van der Waals surface area (Å²) < 4.78 is 22.9. The molecule has 2 heterocycles. The summed E-state index contributed by atoms with van der Waals surface area (Å²) in [5.74, 6) is -0.596. The average molecular weight is 492 g/mol. The standard InChI is InChI=1S/C25H25N5O4S/c1-16-23(25(32)29-30-35(2,33)34)21-15-26-12-11-22(21)28-24(16)19-5-3-17(4-6-19)18-7-9-20(10-8-18)27-13-14-31/h3-12,15,27,30-31H,13-14H2,1-2H3,(H,29,32). The number of rotatable bonds is 8. The molecule has 0 spiro atoms. The van der Waals surface area contributed by atoms with Gasteiger partial charge in [-0.15, -0.1) is 4.83 Å². The number of carbonyl (C=O) groups excluding carboxylic acids is 1. The number of fused-ring (bicyclic) bond motifs is 1. The number of anilines is 1. The largest absolute Gasteiger partial charge is 0.395 e.